The Morgan fingerprint density at radius 3 is 2.45 bits per heavy atom. The van der Waals surface area contributed by atoms with Gasteiger partial charge in [0.2, 0.25) is 5.82 Å². The van der Waals surface area contributed by atoms with Crippen LogP contribution in [0.2, 0.25) is 0 Å². The molecule has 2 aromatic carbocycles. The number of halogens is 4. The first kappa shape index (κ1) is 15.4. The molecule has 2 rings (SSSR count). The van der Waals surface area contributed by atoms with E-state index in [-0.39, 0.29) is 5.75 Å². The highest BCUT2D eigenvalue weighted by Gasteiger charge is 2.14. The van der Waals surface area contributed by atoms with E-state index < -0.39 is 11.6 Å². The normalized spacial score (nSPS) is 10.7. The Kier molecular flexibility index (Phi) is 5.12. The van der Waals surface area contributed by atoms with Crippen LogP contribution in [-0.2, 0) is 6.42 Å². The van der Waals surface area contributed by atoms with Crippen LogP contribution in [0, 0.1) is 11.6 Å². The Morgan fingerprint density at radius 2 is 1.75 bits per heavy atom. The molecule has 0 fully saturated rings. The lowest BCUT2D eigenvalue weighted by Gasteiger charge is -2.12. The summed E-state index contributed by atoms with van der Waals surface area (Å²) in [5.74, 6) is -1.70. The highest BCUT2D eigenvalue weighted by atomic mass is 79.9. The lowest BCUT2D eigenvalue weighted by atomic mass is 10.1. The zero-order valence-electron chi connectivity index (χ0n) is 10.3. The second-order valence-electron chi connectivity index (χ2n) is 4.09. The van der Waals surface area contributed by atoms with E-state index in [9.17, 15) is 8.78 Å². The highest BCUT2D eigenvalue weighted by molar-refractivity contribution is 9.10. The van der Waals surface area contributed by atoms with Gasteiger partial charge in [0.05, 0.1) is 0 Å². The van der Waals surface area contributed by atoms with E-state index >= 15 is 0 Å². The van der Waals surface area contributed by atoms with Crippen molar-refractivity contribution >= 4 is 31.9 Å². The molecule has 0 amide bonds. The number of benzene rings is 2. The molecule has 0 bridgehead atoms. The summed E-state index contributed by atoms with van der Waals surface area (Å²) in [6.45, 7) is 0.433. The maximum Gasteiger partial charge on any atom is 0.201 e. The van der Waals surface area contributed by atoms with E-state index in [0.29, 0.717) is 23.2 Å². The van der Waals surface area contributed by atoms with Gasteiger partial charge in [0.25, 0.3) is 0 Å². The van der Waals surface area contributed by atoms with Gasteiger partial charge < -0.3 is 10.5 Å². The van der Waals surface area contributed by atoms with E-state index in [0.717, 1.165) is 16.1 Å². The SMILES string of the molecule is NCCc1cc(Br)ccc1Oc1cc(Br)cc(F)c1F. The summed E-state index contributed by atoms with van der Waals surface area (Å²) in [5.41, 5.74) is 6.36. The van der Waals surface area contributed by atoms with Crippen molar-refractivity contribution < 1.29 is 13.5 Å². The first-order chi connectivity index (χ1) is 9.51. The summed E-state index contributed by atoms with van der Waals surface area (Å²) in [5, 5.41) is 0. The van der Waals surface area contributed by atoms with Crippen LogP contribution in [0.25, 0.3) is 0 Å². The smallest absolute Gasteiger partial charge is 0.201 e. The molecule has 0 heterocycles. The molecule has 0 spiro atoms. The number of hydrogen-bond donors (Lipinski definition) is 1. The van der Waals surface area contributed by atoms with Crippen molar-refractivity contribution in [2.24, 2.45) is 5.73 Å². The topological polar surface area (TPSA) is 35.2 Å². The minimum Gasteiger partial charge on any atom is -0.454 e. The standard InChI is InChI=1S/C14H11Br2F2NO/c15-9-1-2-12(8(5-9)3-4-19)20-13-7-10(16)6-11(17)14(13)18/h1-2,5-7H,3-4,19H2. The molecule has 0 aromatic heterocycles. The van der Waals surface area contributed by atoms with Crippen molar-refractivity contribution in [1.82, 2.24) is 0 Å². The number of nitrogens with two attached hydrogens (primary N) is 1. The minimum atomic E-state index is -1.02. The Hall–Kier alpha value is -0.980. The molecule has 6 heteroatoms. The molecule has 0 unspecified atom stereocenters. The molecule has 2 nitrogen and oxygen atoms in total. The van der Waals surface area contributed by atoms with Crippen LogP contribution in [0.5, 0.6) is 11.5 Å². The number of ether oxygens (including phenoxy) is 1. The fourth-order valence-electron chi connectivity index (χ4n) is 1.72. The molecule has 0 aliphatic heterocycles. The average Bonchev–Trinajstić information content (AvgIpc) is 2.38. The number of rotatable bonds is 4. The maximum absolute atomic E-state index is 13.7. The van der Waals surface area contributed by atoms with Crippen LogP contribution < -0.4 is 10.5 Å². The zero-order valence-corrected chi connectivity index (χ0v) is 13.5. The molecule has 0 radical (unpaired) electrons. The molecule has 0 atom stereocenters. The molecule has 20 heavy (non-hydrogen) atoms. The third-order valence-electron chi connectivity index (χ3n) is 2.62. The molecule has 0 saturated carbocycles. The van der Waals surface area contributed by atoms with Crippen molar-refractivity contribution in [2.75, 3.05) is 6.54 Å². The van der Waals surface area contributed by atoms with Crippen LogP contribution in [0.15, 0.2) is 39.3 Å². The lowest BCUT2D eigenvalue weighted by molar-refractivity contribution is 0.412. The Balaban J connectivity index is 2.39. The summed E-state index contributed by atoms with van der Waals surface area (Å²) in [6, 6.07) is 7.72. The third-order valence-corrected chi connectivity index (χ3v) is 3.57. The van der Waals surface area contributed by atoms with Gasteiger partial charge in [-0.05, 0) is 48.9 Å². The van der Waals surface area contributed by atoms with Gasteiger partial charge in [0.1, 0.15) is 5.75 Å². The van der Waals surface area contributed by atoms with E-state index in [1.54, 1.807) is 12.1 Å². The highest BCUT2D eigenvalue weighted by Crippen LogP contribution is 2.32. The summed E-state index contributed by atoms with van der Waals surface area (Å²) in [6.07, 6.45) is 0.576. The quantitative estimate of drug-likeness (QED) is 0.741. The molecule has 106 valence electrons. The molecule has 0 aliphatic carbocycles. The van der Waals surface area contributed by atoms with Crippen LogP contribution in [0.3, 0.4) is 0 Å². The van der Waals surface area contributed by atoms with Crippen molar-refractivity contribution in [1.29, 1.82) is 0 Å². The minimum absolute atomic E-state index is 0.169. The molecule has 2 aromatic rings. The average molecular weight is 407 g/mol. The second-order valence-corrected chi connectivity index (χ2v) is 5.92. The van der Waals surface area contributed by atoms with E-state index in [1.165, 1.54) is 6.07 Å². The van der Waals surface area contributed by atoms with Gasteiger partial charge in [-0.1, -0.05) is 31.9 Å². The molecular formula is C14H11Br2F2NO. The summed E-state index contributed by atoms with van der Waals surface area (Å²) in [4.78, 5) is 0. The van der Waals surface area contributed by atoms with Gasteiger partial charge >= 0.3 is 0 Å². The summed E-state index contributed by atoms with van der Waals surface area (Å²) >= 11 is 6.46. The van der Waals surface area contributed by atoms with Crippen LogP contribution in [0.4, 0.5) is 8.78 Å². The monoisotopic (exact) mass is 405 g/mol. The van der Waals surface area contributed by atoms with Crippen molar-refractivity contribution in [2.45, 2.75) is 6.42 Å². The molecule has 0 aliphatic rings. The van der Waals surface area contributed by atoms with E-state index in [4.69, 9.17) is 10.5 Å². The van der Waals surface area contributed by atoms with Crippen molar-refractivity contribution in [3.63, 3.8) is 0 Å². The second kappa shape index (κ2) is 6.65. The van der Waals surface area contributed by atoms with Crippen molar-refractivity contribution in [3.8, 4) is 11.5 Å². The zero-order chi connectivity index (χ0) is 14.7. The third kappa shape index (κ3) is 3.56. The van der Waals surface area contributed by atoms with Crippen LogP contribution in [0.1, 0.15) is 5.56 Å². The Bertz CT molecular complexity index is 635. The van der Waals surface area contributed by atoms with Crippen LogP contribution >= 0.6 is 31.9 Å². The van der Waals surface area contributed by atoms with Gasteiger partial charge in [-0.15, -0.1) is 0 Å². The first-order valence-corrected chi connectivity index (χ1v) is 7.40. The van der Waals surface area contributed by atoms with Gasteiger partial charge in [0.15, 0.2) is 11.6 Å². The predicted octanol–water partition coefficient (Wildman–Crippen LogP) is 4.78. The lowest BCUT2D eigenvalue weighted by Crippen LogP contribution is -2.04. The molecular weight excluding hydrogens is 396 g/mol. The van der Waals surface area contributed by atoms with E-state index in [2.05, 4.69) is 31.9 Å². The fraction of sp³-hybridized carbons (Fsp3) is 0.143. The first-order valence-electron chi connectivity index (χ1n) is 5.82. The summed E-state index contributed by atoms with van der Waals surface area (Å²) < 4.78 is 33.8. The van der Waals surface area contributed by atoms with Gasteiger partial charge in [-0.2, -0.15) is 4.39 Å². The number of hydrogen-bond acceptors (Lipinski definition) is 2. The Labute approximate surface area is 132 Å². The molecule has 0 saturated heterocycles. The van der Waals surface area contributed by atoms with Crippen LogP contribution in [-0.4, -0.2) is 6.54 Å². The maximum atomic E-state index is 13.7. The summed E-state index contributed by atoms with van der Waals surface area (Å²) in [7, 11) is 0. The van der Waals surface area contributed by atoms with E-state index in [1.807, 2.05) is 6.07 Å². The van der Waals surface area contributed by atoms with Crippen molar-refractivity contribution in [3.05, 3.63) is 56.5 Å². The predicted molar refractivity (Wildman–Crippen MR) is 81.0 cm³/mol. The van der Waals surface area contributed by atoms with Gasteiger partial charge in [-0.3, -0.25) is 0 Å². The fourth-order valence-corrected chi connectivity index (χ4v) is 2.54. The molecule has 2 N–H and O–H groups in total. The largest absolute Gasteiger partial charge is 0.454 e. The van der Waals surface area contributed by atoms with Gasteiger partial charge in [-0.25, -0.2) is 4.39 Å². The van der Waals surface area contributed by atoms with Gasteiger partial charge in [0, 0.05) is 8.95 Å². The Morgan fingerprint density at radius 1 is 1.00 bits per heavy atom.